The van der Waals surface area contributed by atoms with Gasteiger partial charge in [-0.15, -0.1) is 0 Å². The smallest absolute Gasteiger partial charge is 0.302 e. The molecule has 1 aromatic carbocycles. The van der Waals surface area contributed by atoms with Crippen LogP contribution >= 0.6 is 0 Å². The van der Waals surface area contributed by atoms with Crippen molar-refractivity contribution in [1.29, 1.82) is 0 Å². The summed E-state index contributed by atoms with van der Waals surface area (Å²) in [5, 5.41) is 0. The van der Waals surface area contributed by atoms with Crippen LogP contribution in [0.5, 0.6) is 0 Å². The maximum absolute atomic E-state index is 11.3. The minimum absolute atomic E-state index is 0.0406. The van der Waals surface area contributed by atoms with E-state index < -0.39 is 5.60 Å². The van der Waals surface area contributed by atoms with Crippen LogP contribution in [-0.4, -0.2) is 24.8 Å². The first-order valence-corrected chi connectivity index (χ1v) is 6.93. The second-order valence-corrected chi connectivity index (χ2v) is 5.69. The van der Waals surface area contributed by atoms with Gasteiger partial charge >= 0.3 is 5.97 Å². The highest BCUT2D eigenvalue weighted by atomic mass is 16.5. The molecule has 0 amide bonds. The number of methoxy groups -OCH3 is 1. The zero-order valence-electron chi connectivity index (χ0n) is 12.6. The number of esters is 1. The predicted octanol–water partition coefficient (Wildman–Crippen LogP) is 3.45. The van der Waals surface area contributed by atoms with E-state index >= 15 is 0 Å². The zero-order valence-corrected chi connectivity index (χ0v) is 12.6. The van der Waals surface area contributed by atoms with Gasteiger partial charge in [-0.3, -0.25) is 4.79 Å². The standard InChI is InChI=1S/C17H22O3/c1-12(18)20-15-11-10-14(13-8-6-5-7-9-13)16(15)17(2,3)19-4/h5-10,15-16H,11H2,1-4H3. The molecule has 0 aliphatic heterocycles. The van der Waals surface area contributed by atoms with Crippen LogP contribution in [0.4, 0.5) is 0 Å². The van der Waals surface area contributed by atoms with E-state index in [0.29, 0.717) is 0 Å². The third-order valence-corrected chi connectivity index (χ3v) is 3.98. The van der Waals surface area contributed by atoms with Crippen LogP contribution in [0.2, 0.25) is 0 Å². The van der Waals surface area contributed by atoms with Crippen LogP contribution in [0.1, 0.15) is 32.8 Å². The molecule has 3 nitrogen and oxygen atoms in total. The average molecular weight is 274 g/mol. The van der Waals surface area contributed by atoms with Gasteiger partial charge in [-0.1, -0.05) is 36.4 Å². The van der Waals surface area contributed by atoms with Crippen LogP contribution in [0.15, 0.2) is 36.4 Å². The first-order chi connectivity index (χ1) is 9.45. The highest BCUT2D eigenvalue weighted by Gasteiger charge is 2.43. The van der Waals surface area contributed by atoms with Gasteiger partial charge in [-0.05, 0) is 25.0 Å². The second-order valence-electron chi connectivity index (χ2n) is 5.69. The third kappa shape index (κ3) is 2.93. The Kier molecular flexibility index (Phi) is 4.29. The summed E-state index contributed by atoms with van der Waals surface area (Å²) in [6, 6.07) is 10.2. The van der Waals surface area contributed by atoms with Crippen LogP contribution in [0, 0.1) is 5.92 Å². The Labute approximate surface area is 120 Å². The Morgan fingerprint density at radius 3 is 2.45 bits per heavy atom. The number of hydrogen-bond acceptors (Lipinski definition) is 3. The highest BCUT2D eigenvalue weighted by molar-refractivity contribution is 5.72. The van der Waals surface area contributed by atoms with E-state index in [-0.39, 0.29) is 18.0 Å². The third-order valence-electron chi connectivity index (χ3n) is 3.98. The first kappa shape index (κ1) is 14.8. The van der Waals surface area contributed by atoms with E-state index in [1.54, 1.807) is 7.11 Å². The van der Waals surface area contributed by atoms with Crippen molar-refractivity contribution in [2.75, 3.05) is 7.11 Å². The minimum Gasteiger partial charge on any atom is -0.461 e. The molecule has 1 aromatic rings. The van der Waals surface area contributed by atoms with Crippen molar-refractivity contribution >= 4 is 11.5 Å². The summed E-state index contributed by atoms with van der Waals surface area (Å²) in [7, 11) is 1.70. The van der Waals surface area contributed by atoms with E-state index in [1.807, 2.05) is 32.0 Å². The summed E-state index contributed by atoms with van der Waals surface area (Å²) in [4.78, 5) is 11.3. The monoisotopic (exact) mass is 274 g/mol. The molecule has 20 heavy (non-hydrogen) atoms. The summed E-state index contributed by atoms with van der Waals surface area (Å²) in [5.41, 5.74) is 1.97. The van der Waals surface area contributed by atoms with Gasteiger partial charge in [0.15, 0.2) is 0 Å². The van der Waals surface area contributed by atoms with Crippen molar-refractivity contribution in [2.24, 2.45) is 5.92 Å². The number of carbonyl (C=O) groups is 1. The Morgan fingerprint density at radius 1 is 1.25 bits per heavy atom. The zero-order chi connectivity index (χ0) is 14.8. The lowest BCUT2D eigenvalue weighted by molar-refractivity contribution is -0.151. The van der Waals surface area contributed by atoms with Gasteiger partial charge in [0.2, 0.25) is 0 Å². The SMILES string of the molecule is COC(C)(C)C1C(c2ccccc2)=CCC1OC(C)=O. The molecule has 1 aliphatic carbocycles. The molecular weight excluding hydrogens is 252 g/mol. The van der Waals surface area contributed by atoms with Crippen molar-refractivity contribution in [1.82, 2.24) is 0 Å². The normalized spacial score (nSPS) is 22.5. The molecule has 0 heterocycles. The van der Waals surface area contributed by atoms with E-state index in [4.69, 9.17) is 9.47 Å². The molecule has 0 N–H and O–H groups in total. The fourth-order valence-electron chi connectivity index (χ4n) is 2.91. The maximum atomic E-state index is 11.3. The van der Waals surface area contributed by atoms with Crippen molar-refractivity contribution in [3.05, 3.63) is 42.0 Å². The largest absolute Gasteiger partial charge is 0.461 e. The van der Waals surface area contributed by atoms with Crippen LogP contribution < -0.4 is 0 Å². The van der Waals surface area contributed by atoms with Gasteiger partial charge in [0.25, 0.3) is 0 Å². The van der Waals surface area contributed by atoms with Crippen LogP contribution in [0.3, 0.4) is 0 Å². The highest BCUT2D eigenvalue weighted by Crippen LogP contribution is 2.43. The lowest BCUT2D eigenvalue weighted by Crippen LogP contribution is -2.41. The Bertz CT molecular complexity index is 502. The Hall–Kier alpha value is -1.61. The lowest BCUT2D eigenvalue weighted by atomic mass is 9.81. The summed E-state index contributed by atoms with van der Waals surface area (Å²) in [6.07, 6.45) is 2.74. The first-order valence-electron chi connectivity index (χ1n) is 6.93. The molecule has 0 saturated heterocycles. The maximum Gasteiger partial charge on any atom is 0.302 e. The summed E-state index contributed by atoms with van der Waals surface area (Å²) in [6.45, 7) is 5.53. The summed E-state index contributed by atoms with van der Waals surface area (Å²) < 4.78 is 11.1. The molecule has 0 radical (unpaired) electrons. The molecule has 0 aromatic heterocycles. The molecule has 0 fully saturated rings. The van der Waals surface area contributed by atoms with Gasteiger partial charge in [0.1, 0.15) is 6.10 Å². The fraction of sp³-hybridized carbons (Fsp3) is 0.471. The fourth-order valence-corrected chi connectivity index (χ4v) is 2.91. The van der Waals surface area contributed by atoms with Crippen LogP contribution in [-0.2, 0) is 14.3 Å². The van der Waals surface area contributed by atoms with E-state index in [0.717, 1.165) is 12.0 Å². The molecule has 3 heteroatoms. The van der Waals surface area contributed by atoms with Gasteiger partial charge < -0.3 is 9.47 Å². The van der Waals surface area contributed by atoms with Crippen molar-refractivity contribution in [3.63, 3.8) is 0 Å². The number of benzene rings is 1. The van der Waals surface area contributed by atoms with Gasteiger partial charge in [0.05, 0.1) is 11.5 Å². The minimum atomic E-state index is -0.391. The number of rotatable bonds is 4. The van der Waals surface area contributed by atoms with E-state index in [1.165, 1.54) is 12.5 Å². The second kappa shape index (κ2) is 5.80. The number of ether oxygens (including phenoxy) is 2. The number of hydrogen-bond donors (Lipinski definition) is 0. The van der Waals surface area contributed by atoms with Gasteiger partial charge in [-0.25, -0.2) is 0 Å². The molecule has 108 valence electrons. The van der Waals surface area contributed by atoms with Crippen molar-refractivity contribution < 1.29 is 14.3 Å². The Balaban J connectivity index is 2.34. The molecule has 0 spiro atoms. The summed E-state index contributed by atoms with van der Waals surface area (Å²) in [5.74, 6) is -0.201. The van der Waals surface area contributed by atoms with Gasteiger partial charge in [0, 0.05) is 20.5 Å². The predicted molar refractivity (Wildman–Crippen MR) is 79.2 cm³/mol. The Morgan fingerprint density at radius 2 is 1.90 bits per heavy atom. The van der Waals surface area contributed by atoms with E-state index in [2.05, 4.69) is 18.2 Å². The van der Waals surface area contributed by atoms with Crippen LogP contribution in [0.25, 0.3) is 5.57 Å². The van der Waals surface area contributed by atoms with Crippen molar-refractivity contribution in [2.45, 2.75) is 38.9 Å². The quantitative estimate of drug-likeness (QED) is 0.789. The topological polar surface area (TPSA) is 35.5 Å². The van der Waals surface area contributed by atoms with Crippen molar-refractivity contribution in [3.8, 4) is 0 Å². The number of carbonyl (C=O) groups excluding carboxylic acids is 1. The molecule has 1 aliphatic rings. The molecule has 2 atom stereocenters. The summed E-state index contributed by atoms with van der Waals surface area (Å²) >= 11 is 0. The van der Waals surface area contributed by atoms with E-state index in [9.17, 15) is 4.79 Å². The molecule has 2 unspecified atom stereocenters. The lowest BCUT2D eigenvalue weighted by Gasteiger charge is -2.36. The average Bonchev–Trinajstić information content (AvgIpc) is 2.83. The molecular formula is C17H22O3. The van der Waals surface area contributed by atoms with Gasteiger partial charge in [-0.2, -0.15) is 0 Å². The molecule has 0 bridgehead atoms. The molecule has 0 saturated carbocycles. The molecule has 2 rings (SSSR count).